The Hall–Kier alpha value is -1.40. The van der Waals surface area contributed by atoms with Crippen molar-refractivity contribution in [2.24, 2.45) is 0 Å². The van der Waals surface area contributed by atoms with E-state index in [1.165, 1.54) is 4.34 Å². The molecule has 2 aromatic rings. The number of pyridine rings is 1. The van der Waals surface area contributed by atoms with Gasteiger partial charge in [-0.25, -0.2) is 4.98 Å². The molecule has 0 spiro atoms. The lowest BCUT2D eigenvalue weighted by molar-refractivity contribution is 0.0927. The number of nitrogens with zero attached hydrogens (tertiary/aromatic N) is 2. The molecular formula is C17H21N3OS2. The molecule has 0 atom stereocenters. The molecular weight excluding hydrogens is 326 g/mol. The fourth-order valence-corrected chi connectivity index (χ4v) is 5.09. The molecule has 6 heteroatoms. The number of hydrogen-bond donors (Lipinski definition) is 1. The molecule has 1 N–H and O–H groups in total. The summed E-state index contributed by atoms with van der Waals surface area (Å²) in [5, 5.41) is 5.87. The van der Waals surface area contributed by atoms with Gasteiger partial charge in [0.25, 0.3) is 5.91 Å². The van der Waals surface area contributed by atoms with E-state index in [2.05, 4.69) is 20.7 Å². The second-order valence-electron chi connectivity index (χ2n) is 6.07. The molecule has 0 aliphatic heterocycles. The van der Waals surface area contributed by atoms with Crippen LogP contribution in [0.2, 0.25) is 0 Å². The van der Waals surface area contributed by atoms with Crippen LogP contribution in [0.5, 0.6) is 0 Å². The highest BCUT2D eigenvalue weighted by atomic mass is 32.2. The standard InChI is InChI=1S/C17H21N3OS2/c1-11-7-13(9-18-8-11)16(21)20-14-3-5-15(6-4-14)23-17-19-12(2)10-22-17/h7-10,14-15H,3-6H2,1-2H3,(H,20,21). The van der Waals surface area contributed by atoms with Gasteiger partial charge < -0.3 is 5.32 Å². The van der Waals surface area contributed by atoms with Gasteiger partial charge in [-0.2, -0.15) is 0 Å². The van der Waals surface area contributed by atoms with E-state index in [4.69, 9.17) is 0 Å². The van der Waals surface area contributed by atoms with E-state index in [1.807, 2.05) is 31.7 Å². The first-order chi connectivity index (χ1) is 11.1. The number of carbonyl (C=O) groups is 1. The molecule has 1 saturated carbocycles. The number of rotatable bonds is 4. The second kappa shape index (κ2) is 7.45. The third-order valence-electron chi connectivity index (χ3n) is 4.01. The molecule has 1 amide bonds. The average molecular weight is 348 g/mol. The van der Waals surface area contributed by atoms with Crippen LogP contribution in [0, 0.1) is 13.8 Å². The highest BCUT2D eigenvalue weighted by molar-refractivity contribution is 8.01. The first kappa shape index (κ1) is 16.5. The summed E-state index contributed by atoms with van der Waals surface area (Å²) in [7, 11) is 0. The van der Waals surface area contributed by atoms with E-state index in [0.717, 1.165) is 36.9 Å². The van der Waals surface area contributed by atoms with Crippen LogP contribution in [-0.4, -0.2) is 27.2 Å². The van der Waals surface area contributed by atoms with Gasteiger partial charge in [0, 0.05) is 34.8 Å². The SMILES string of the molecule is Cc1cncc(C(=O)NC2CCC(Sc3nc(C)cs3)CC2)c1. The van der Waals surface area contributed by atoms with Crippen molar-refractivity contribution in [1.29, 1.82) is 0 Å². The number of carbonyl (C=O) groups excluding carboxylic acids is 1. The minimum Gasteiger partial charge on any atom is -0.349 e. The molecule has 1 aliphatic carbocycles. The number of thiazole rings is 1. The van der Waals surface area contributed by atoms with Crippen molar-refractivity contribution in [2.45, 2.75) is 55.2 Å². The van der Waals surface area contributed by atoms with Crippen LogP contribution in [0.15, 0.2) is 28.2 Å². The van der Waals surface area contributed by atoms with Gasteiger partial charge in [0.15, 0.2) is 0 Å². The molecule has 0 saturated heterocycles. The summed E-state index contributed by atoms with van der Waals surface area (Å²) >= 11 is 3.62. The predicted octanol–water partition coefficient (Wildman–Crippen LogP) is 3.99. The van der Waals surface area contributed by atoms with E-state index in [1.54, 1.807) is 23.7 Å². The molecule has 2 heterocycles. The van der Waals surface area contributed by atoms with Gasteiger partial charge in [-0.15, -0.1) is 11.3 Å². The minimum absolute atomic E-state index is 0.00662. The first-order valence-corrected chi connectivity index (χ1v) is 9.67. The summed E-state index contributed by atoms with van der Waals surface area (Å²) in [6.07, 6.45) is 7.72. The van der Waals surface area contributed by atoms with Gasteiger partial charge >= 0.3 is 0 Å². The van der Waals surface area contributed by atoms with Crippen molar-refractivity contribution in [2.75, 3.05) is 0 Å². The average Bonchev–Trinajstić information content (AvgIpc) is 2.94. The van der Waals surface area contributed by atoms with Gasteiger partial charge in [-0.3, -0.25) is 9.78 Å². The van der Waals surface area contributed by atoms with Crippen LogP contribution >= 0.6 is 23.1 Å². The lowest BCUT2D eigenvalue weighted by Crippen LogP contribution is -2.38. The van der Waals surface area contributed by atoms with Crippen molar-refractivity contribution in [1.82, 2.24) is 15.3 Å². The number of hydrogen-bond acceptors (Lipinski definition) is 5. The summed E-state index contributed by atoms with van der Waals surface area (Å²) in [5.74, 6) is -0.00662. The zero-order valence-electron chi connectivity index (χ0n) is 13.4. The quantitative estimate of drug-likeness (QED) is 0.908. The highest BCUT2D eigenvalue weighted by Gasteiger charge is 2.24. The Labute approximate surface area is 145 Å². The van der Waals surface area contributed by atoms with Crippen LogP contribution < -0.4 is 5.32 Å². The number of amides is 1. The molecule has 3 rings (SSSR count). The number of aryl methyl sites for hydroxylation is 2. The third kappa shape index (κ3) is 4.54. The summed E-state index contributed by atoms with van der Waals surface area (Å²) in [4.78, 5) is 20.9. The van der Waals surface area contributed by atoms with Gasteiger partial charge in [0.1, 0.15) is 4.34 Å². The normalized spacial score (nSPS) is 21.1. The van der Waals surface area contributed by atoms with Crippen LogP contribution in [0.4, 0.5) is 0 Å². The van der Waals surface area contributed by atoms with Crippen molar-refractivity contribution in [3.63, 3.8) is 0 Å². The molecule has 122 valence electrons. The maximum Gasteiger partial charge on any atom is 0.253 e. The van der Waals surface area contributed by atoms with E-state index in [9.17, 15) is 4.79 Å². The smallest absolute Gasteiger partial charge is 0.253 e. The predicted molar refractivity (Wildman–Crippen MR) is 95.2 cm³/mol. The summed E-state index contributed by atoms with van der Waals surface area (Å²) in [5.41, 5.74) is 2.77. The lowest BCUT2D eigenvalue weighted by atomic mass is 9.95. The zero-order valence-corrected chi connectivity index (χ0v) is 15.0. The number of thioether (sulfide) groups is 1. The fraction of sp³-hybridized carbons (Fsp3) is 0.471. The Kier molecular flexibility index (Phi) is 5.33. The molecule has 1 aliphatic rings. The Bertz CT molecular complexity index is 678. The Morgan fingerprint density at radius 3 is 2.70 bits per heavy atom. The molecule has 0 radical (unpaired) electrons. The van der Waals surface area contributed by atoms with Crippen molar-refractivity contribution in [3.8, 4) is 0 Å². The third-order valence-corrected chi connectivity index (χ3v) is 6.44. The Morgan fingerprint density at radius 2 is 2.04 bits per heavy atom. The Balaban J connectivity index is 1.48. The molecule has 2 aromatic heterocycles. The van der Waals surface area contributed by atoms with Gasteiger partial charge in [-0.05, 0) is 51.2 Å². The van der Waals surface area contributed by atoms with Crippen LogP contribution in [0.3, 0.4) is 0 Å². The molecule has 4 nitrogen and oxygen atoms in total. The van der Waals surface area contributed by atoms with Crippen LogP contribution in [0.25, 0.3) is 0 Å². The molecule has 0 aromatic carbocycles. The first-order valence-electron chi connectivity index (χ1n) is 7.91. The zero-order chi connectivity index (χ0) is 16.2. The van der Waals surface area contributed by atoms with Gasteiger partial charge in [0.05, 0.1) is 5.56 Å². The maximum atomic E-state index is 12.3. The van der Waals surface area contributed by atoms with Crippen molar-refractivity contribution >= 4 is 29.0 Å². The maximum absolute atomic E-state index is 12.3. The number of aromatic nitrogens is 2. The fourth-order valence-electron chi connectivity index (χ4n) is 2.80. The van der Waals surface area contributed by atoms with E-state index in [0.29, 0.717) is 10.8 Å². The Morgan fingerprint density at radius 1 is 1.26 bits per heavy atom. The minimum atomic E-state index is -0.00662. The summed E-state index contributed by atoms with van der Waals surface area (Å²) in [6.45, 7) is 3.99. The van der Waals surface area contributed by atoms with E-state index in [-0.39, 0.29) is 11.9 Å². The van der Waals surface area contributed by atoms with Gasteiger partial charge in [-0.1, -0.05) is 11.8 Å². The largest absolute Gasteiger partial charge is 0.349 e. The van der Waals surface area contributed by atoms with E-state index < -0.39 is 0 Å². The van der Waals surface area contributed by atoms with Crippen molar-refractivity contribution in [3.05, 3.63) is 40.7 Å². The van der Waals surface area contributed by atoms with Gasteiger partial charge in [0.2, 0.25) is 0 Å². The number of nitrogens with one attached hydrogen (secondary N) is 1. The second-order valence-corrected chi connectivity index (χ2v) is 8.48. The topological polar surface area (TPSA) is 54.9 Å². The molecule has 0 bridgehead atoms. The molecule has 1 fully saturated rings. The molecule has 0 unspecified atom stereocenters. The lowest BCUT2D eigenvalue weighted by Gasteiger charge is -2.28. The van der Waals surface area contributed by atoms with E-state index >= 15 is 0 Å². The molecule has 23 heavy (non-hydrogen) atoms. The summed E-state index contributed by atoms with van der Waals surface area (Å²) < 4.78 is 1.17. The van der Waals surface area contributed by atoms with Crippen LogP contribution in [0.1, 0.15) is 47.3 Å². The van der Waals surface area contributed by atoms with Crippen molar-refractivity contribution < 1.29 is 4.79 Å². The summed E-state index contributed by atoms with van der Waals surface area (Å²) in [6, 6.07) is 2.16. The monoisotopic (exact) mass is 347 g/mol. The highest BCUT2D eigenvalue weighted by Crippen LogP contribution is 2.35. The van der Waals surface area contributed by atoms with Crippen LogP contribution in [-0.2, 0) is 0 Å².